The zero-order valence-corrected chi connectivity index (χ0v) is 17.9. The summed E-state index contributed by atoms with van der Waals surface area (Å²) in [5.41, 5.74) is 0.585. The van der Waals surface area contributed by atoms with Gasteiger partial charge in [0.25, 0.3) is 5.91 Å². The lowest BCUT2D eigenvalue weighted by Gasteiger charge is -2.20. The third kappa shape index (κ3) is 6.51. The Hall–Kier alpha value is -2.50. The number of aromatic nitrogens is 1. The van der Waals surface area contributed by atoms with Gasteiger partial charge in [-0.05, 0) is 44.0 Å². The number of carbonyl (C=O) groups is 1. The molecule has 1 aromatic heterocycles. The molecule has 0 radical (unpaired) electrons. The number of nitrogens with two attached hydrogens (primary N) is 1. The van der Waals surface area contributed by atoms with Crippen molar-refractivity contribution in [2.45, 2.75) is 31.3 Å². The van der Waals surface area contributed by atoms with Crippen LogP contribution in [0.3, 0.4) is 0 Å². The number of pyridine rings is 1. The van der Waals surface area contributed by atoms with Gasteiger partial charge in [0.15, 0.2) is 0 Å². The van der Waals surface area contributed by atoms with Crippen molar-refractivity contribution in [2.75, 3.05) is 12.8 Å². The number of rotatable bonds is 8. The summed E-state index contributed by atoms with van der Waals surface area (Å²) in [5.74, 6) is -0.555. The Kier molecular flexibility index (Phi) is 6.98. The molecule has 0 saturated carbocycles. The van der Waals surface area contributed by atoms with Crippen LogP contribution in [0.1, 0.15) is 29.9 Å². The van der Waals surface area contributed by atoms with Gasteiger partial charge < -0.3 is 4.74 Å². The Morgan fingerprint density at radius 1 is 1.10 bits per heavy atom. The van der Waals surface area contributed by atoms with E-state index in [9.17, 15) is 21.6 Å². The zero-order valence-electron chi connectivity index (χ0n) is 16.3. The van der Waals surface area contributed by atoms with Gasteiger partial charge in [-0.2, -0.15) is 0 Å². The van der Waals surface area contributed by atoms with Crippen LogP contribution >= 0.6 is 0 Å². The first-order chi connectivity index (χ1) is 13.4. The highest BCUT2D eigenvalue weighted by atomic mass is 32.2. The molecule has 2 rings (SSSR count). The first-order valence-electron chi connectivity index (χ1n) is 8.65. The van der Waals surface area contributed by atoms with E-state index in [1.165, 1.54) is 30.3 Å². The molecule has 0 bridgehead atoms. The second kappa shape index (κ2) is 8.89. The van der Waals surface area contributed by atoms with Crippen LogP contribution in [0.4, 0.5) is 0 Å². The highest BCUT2D eigenvalue weighted by Crippen LogP contribution is 2.15. The summed E-state index contributed by atoms with van der Waals surface area (Å²) < 4.78 is 53.1. The van der Waals surface area contributed by atoms with Gasteiger partial charge >= 0.3 is 0 Å². The van der Waals surface area contributed by atoms with Crippen LogP contribution in [0.5, 0.6) is 5.88 Å². The summed E-state index contributed by atoms with van der Waals surface area (Å²) in [7, 11) is -7.68. The quantitative estimate of drug-likeness (QED) is 0.649. The van der Waals surface area contributed by atoms with E-state index < -0.39 is 26.0 Å². The molecular formula is C18H23N3O6S2. The summed E-state index contributed by atoms with van der Waals surface area (Å²) in [6.45, 7) is 3.48. The third-order valence-corrected chi connectivity index (χ3v) is 5.86. The van der Waals surface area contributed by atoms with Crippen LogP contribution in [-0.2, 0) is 26.5 Å². The molecule has 2 aromatic rings. The molecule has 1 amide bonds. The van der Waals surface area contributed by atoms with E-state index in [0.717, 1.165) is 10.6 Å². The average Bonchev–Trinajstić information content (AvgIpc) is 2.60. The normalized spacial score (nSPS) is 12.0. The molecular weight excluding hydrogens is 418 g/mol. The molecule has 0 fully saturated rings. The number of amides is 1. The standard InChI is InChI=1S/C18H23N3O6S2/c1-13(2)27-17-6-4-5-16(20-17)18(22)21(28(3,23)24)12-11-14-7-9-15(10-8-14)29(19,25)26/h4-10,13H,11-12H2,1-3H3,(H2,19,25,26). The van der Waals surface area contributed by atoms with E-state index in [-0.39, 0.29) is 35.5 Å². The maximum Gasteiger partial charge on any atom is 0.286 e. The molecule has 0 aliphatic heterocycles. The van der Waals surface area contributed by atoms with Gasteiger partial charge in [0.2, 0.25) is 25.9 Å². The third-order valence-electron chi connectivity index (χ3n) is 3.78. The lowest BCUT2D eigenvalue weighted by molar-refractivity contribution is 0.0856. The van der Waals surface area contributed by atoms with Crippen molar-refractivity contribution in [3.05, 3.63) is 53.7 Å². The molecule has 2 N–H and O–H groups in total. The number of primary sulfonamides is 1. The Bertz CT molecular complexity index is 1080. The molecule has 9 nitrogen and oxygen atoms in total. The molecule has 1 aromatic carbocycles. The number of sulfonamides is 2. The Balaban J connectivity index is 2.21. The van der Waals surface area contributed by atoms with Gasteiger partial charge in [-0.25, -0.2) is 31.3 Å². The van der Waals surface area contributed by atoms with Crippen LogP contribution in [0.25, 0.3) is 0 Å². The monoisotopic (exact) mass is 441 g/mol. The first kappa shape index (κ1) is 22.8. The maximum atomic E-state index is 12.8. The first-order valence-corrected chi connectivity index (χ1v) is 12.0. The van der Waals surface area contributed by atoms with Gasteiger partial charge in [0.05, 0.1) is 17.3 Å². The Morgan fingerprint density at radius 2 is 1.72 bits per heavy atom. The number of ether oxygens (including phenoxy) is 1. The minimum absolute atomic E-state index is 0.0523. The molecule has 29 heavy (non-hydrogen) atoms. The summed E-state index contributed by atoms with van der Waals surface area (Å²) in [4.78, 5) is 16.8. The fourth-order valence-electron chi connectivity index (χ4n) is 2.46. The van der Waals surface area contributed by atoms with Crippen molar-refractivity contribution in [1.82, 2.24) is 9.29 Å². The molecule has 158 valence electrons. The van der Waals surface area contributed by atoms with E-state index in [0.29, 0.717) is 5.56 Å². The number of benzene rings is 1. The second-order valence-electron chi connectivity index (χ2n) is 6.61. The molecule has 0 spiro atoms. The SMILES string of the molecule is CC(C)Oc1cccc(C(=O)N(CCc2ccc(S(N)(=O)=O)cc2)S(C)(=O)=O)n1. The van der Waals surface area contributed by atoms with Crippen molar-refractivity contribution < 1.29 is 26.4 Å². The molecule has 0 aliphatic rings. The summed E-state index contributed by atoms with van der Waals surface area (Å²) >= 11 is 0. The predicted octanol–water partition coefficient (Wildman–Crippen LogP) is 1.16. The fourth-order valence-corrected chi connectivity index (χ4v) is 3.80. The zero-order chi connectivity index (χ0) is 21.8. The van der Waals surface area contributed by atoms with Crippen molar-refractivity contribution in [3.8, 4) is 5.88 Å². The summed E-state index contributed by atoms with van der Waals surface area (Å²) in [6.07, 6.45) is 0.967. The van der Waals surface area contributed by atoms with Gasteiger partial charge in [-0.1, -0.05) is 18.2 Å². The predicted molar refractivity (Wildman–Crippen MR) is 107 cm³/mol. The van der Waals surface area contributed by atoms with Gasteiger partial charge in [0.1, 0.15) is 5.69 Å². The maximum absolute atomic E-state index is 12.8. The lowest BCUT2D eigenvalue weighted by Crippen LogP contribution is -2.38. The molecule has 1 heterocycles. The van der Waals surface area contributed by atoms with E-state index in [1.807, 2.05) is 0 Å². The lowest BCUT2D eigenvalue weighted by atomic mass is 10.1. The van der Waals surface area contributed by atoms with Crippen molar-refractivity contribution in [3.63, 3.8) is 0 Å². The smallest absolute Gasteiger partial charge is 0.286 e. The average molecular weight is 442 g/mol. The van der Waals surface area contributed by atoms with E-state index in [2.05, 4.69) is 4.98 Å². The summed E-state index contributed by atoms with van der Waals surface area (Å²) in [6, 6.07) is 10.2. The minimum atomic E-state index is -3.86. The molecule has 11 heteroatoms. The van der Waals surface area contributed by atoms with E-state index in [4.69, 9.17) is 9.88 Å². The van der Waals surface area contributed by atoms with E-state index >= 15 is 0 Å². The highest BCUT2D eigenvalue weighted by Gasteiger charge is 2.26. The van der Waals surface area contributed by atoms with Crippen molar-refractivity contribution in [2.24, 2.45) is 5.14 Å². The Morgan fingerprint density at radius 3 is 2.24 bits per heavy atom. The number of nitrogens with zero attached hydrogens (tertiary/aromatic N) is 2. The van der Waals surface area contributed by atoms with Gasteiger partial charge in [-0.3, -0.25) is 4.79 Å². The largest absolute Gasteiger partial charge is 0.475 e. The van der Waals surface area contributed by atoms with Crippen LogP contribution in [0, 0.1) is 0 Å². The molecule has 0 atom stereocenters. The second-order valence-corrected chi connectivity index (χ2v) is 10.1. The molecule has 0 unspecified atom stereocenters. The van der Waals surface area contributed by atoms with Crippen LogP contribution in [0.15, 0.2) is 47.4 Å². The number of hydrogen-bond donors (Lipinski definition) is 1. The Labute approximate surface area is 170 Å². The fraction of sp³-hybridized carbons (Fsp3) is 0.333. The molecule has 0 aliphatic carbocycles. The minimum Gasteiger partial charge on any atom is -0.475 e. The van der Waals surface area contributed by atoms with Gasteiger partial charge in [0, 0.05) is 12.6 Å². The molecule has 0 saturated heterocycles. The van der Waals surface area contributed by atoms with Crippen LogP contribution in [-0.4, -0.2) is 50.9 Å². The van der Waals surface area contributed by atoms with E-state index in [1.54, 1.807) is 26.0 Å². The van der Waals surface area contributed by atoms with Gasteiger partial charge in [-0.15, -0.1) is 0 Å². The highest BCUT2D eigenvalue weighted by molar-refractivity contribution is 7.89. The van der Waals surface area contributed by atoms with Crippen LogP contribution < -0.4 is 9.88 Å². The van der Waals surface area contributed by atoms with Crippen molar-refractivity contribution in [1.29, 1.82) is 0 Å². The topological polar surface area (TPSA) is 137 Å². The van der Waals surface area contributed by atoms with Crippen molar-refractivity contribution >= 4 is 26.0 Å². The van der Waals surface area contributed by atoms with Crippen LogP contribution in [0.2, 0.25) is 0 Å². The summed E-state index contributed by atoms with van der Waals surface area (Å²) in [5, 5.41) is 5.06. The number of hydrogen-bond acceptors (Lipinski definition) is 7. The number of carbonyl (C=O) groups excluding carboxylic acids is 1.